The molecule has 1 aliphatic carbocycles. The van der Waals surface area contributed by atoms with Gasteiger partial charge in [0.05, 0.1) is 25.0 Å². The molecule has 2 fully saturated rings. The number of pyridine rings is 2. The Morgan fingerprint density at radius 3 is 2.46 bits per heavy atom. The lowest BCUT2D eigenvalue weighted by Crippen LogP contribution is -2.47. The Morgan fingerprint density at radius 2 is 1.74 bits per heavy atom. The van der Waals surface area contributed by atoms with Gasteiger partial charge in [-0.3, -0.25) is 9.55 Å². The van der Waals surface area contributed by atoms with Crippen LogP contribution in [0, 0.1) is 0 Å². The molecule has 3 aliphatic rings. The van der Waals surface area contributed by atoms with Gasteiger partial charge in [0, 0.05) is 25.4 Å². The molecule has 1 unspecified atom stereocenters. The van der Waals surface area contributed by atoms with Gasteiger partial charge in [-0.2, -0.15) is 9.97 Å². The molecule has 252 valence electrons. The van der Waals surface area contributed by atoms with Gasteiger partial charge in [0.2, 0.25) is 5.88 Å². The molecule has 46 heavy (non-hydrogen) atoms. The van der Waals surface area contributed by atoms with Crippen LogP contribution in [-0.2, 0) is 31.8 Å². The molecule has 0 bridgehead atoms. The topological polar surface area (TPSA) is 99.0 Å². The molecule has 5 heterocycles. The van der Waals surface area contributed by atoms with Gasteiger partial charge >= 0.3 is 6.01 Å². The van der Waals surface area contributed by atoms with E-state index in [0.29, 0.717) is 47.9 Å². The third kappa shape index (κ3) is 7.21. The van der Waals surface area contributed by atoms with Crippen LogP contribution in [0.25, 0.3) is 11.2 Å². The number of fused-ring (bicyclic) bond motifs is 3. The van der Waals surface area contributed by atoms with Gasteiger partial charge in [-0.05, 0) is 70.6 Å². The molecule has 0 saturated carbocycles. The van der Waals surface area contributed by atoms with Crippen LogP contribution in [-0.4, -0.2) is 80.1 Å². The van der Waals surface area contributed by atoms with E-state index in [2.05, 4.69) is 80.5 Å². The highest BCUT2D eigenvalue weighted by Gasteiger charge is 2.52. The summed E-state index contributed by atoms with van der Waals surface area (Å²) in [7, 11) is -3.29. The molecule has 0 amide bonds. The van der Waals surface area contributed by atoms with Crippen molar-refractivity contribution in [2.75, 3.05) is 19.8 Å². The zero-order chi connectivity index (χ0) is 33.0. The minimum absolute atomic E-state index is 0.0889. The minimum atomic E-state index is -2.01. The SMILES string of the molecule is CC(C)(C)[Si](C)(C)O[C@@H]1CO[C@H]2[C@@H]1OC[C@H]2Oc1nc2cc(Cl)c(OC3CCc4cc(Br)cnc43)nc2n1COCC[Si](C)(C)C. The van der Waals surface area contributed by atoms with Crippen LogP contribution in [0.5, 0.6) is 11.9 Å². The van der Waals surface area contributed by atoms with Crippen molar-refractivity contribution in [1.29, 1.82) is 0 Å². The number of ether oxygens (including phenoxy) is 5. The van der Waals surface area contributed by atoms with Gasteiger partial charge in [0.1, 0.15) is 35.6 Å². The van der Waals surface area contributed by atoms with E-state index in [4.69, 9.17) is 49.7 Å². The van der Waals surface area contributed by atoms with Crippen molar-refractivity contribution in [3.8, 4) is 11.9 Å². The Hall–Kier alpha value is -1.59. The molecule has 10 nitrogen and oxygen atoms in total. The maximum absolute atomic E-state index is 6.73. The lowest BCUT2D eigenvalue weighted by molar-refractivity contribution is 0.00686. The smallest absolute Gasteiger partial charge is 0.301 e. The van der Waals surface area contributed by atoms with Gasteiger partial charge in [-0.1, -0.05) is 52.0 Å². The summed E-state index contributed by atoms with van der Waals surface area (Å²) in [5, 5.41) is 0.467. The normalized spacial score (nSPS) is 24.9. The Balaban J connectivity index is 1.24. The Labute approximate surface area is 287 Å². The van der Waals surface area contributed by atoms with E-state index >= 15 is 0 Å². The van der Waals surface area contributed by atoms with Crippen molar-refractivity contribution in [3.05, 3.63) is 39.1 Å². The van der Waals surface area contributed by atoms with Crippen LogP contribution in [0.2, 0.25) is 48.8 Å². The zero-order valence-electron chi connectivity index (χ0n) is 28.1. The molecule has 3 aromatic heterocycles. The highest BCUT2D eigenvalue weighted by molar-refractivity contribution is 9.10. The molecule has 2 saturated heterocycles. The maximum atomic E-state index is 6.73. The first-order valence-corrected chi connectivity index (χ1v) is 23.9. The summed E-state index contributed by atoms with van der Waals surface area (Å²) in [6.07, 6.45) is 2.29. The van der Waals surface area contributed by atoms with Crippen molar-refractivity contribution >= 4 is 55.1 Å². The van der Waals surface area contributed by atoms with Crippen LogP contribution in [0.15, 0.2) is 22.8 Å². The van der Waals surface area contributed by atoms with Crippen LogP contribution in [0.3, 0.4) is 0 Å². The fourth-order valence-corrected chi connectivity index (χ4v) is 8.43. The third-order valence-corrected chi connectivity index (χ3v) is 16.4. The van der Waals surface area contributed by atoms with Gasteiger partial charge in [-0.15, -0.1) is 0 Å². The largest absolute Gasteiger partial charge is 0.467 e. The standard InChI is InChI=1S/C32H46BrClN4O6Si2/c1-32(2,3)46(7,8)44-25-17-41-27-24(16-40-28(25)27)43-31-36-22-14-21(34)30(37-29(22)38(31)18-39-11-12-45(4,5)6)42-23-10-9-19-13-20(33)15-35-26(19)23/h13-15,23-25,27-28H,9-12,16-18H2,1-8H3/t23?,24-,25-,27-,28-/m1/s1. The number of halogens is 2. The van der Waals surface area contributed by atoms with Crippen molar-refractivity contribution in [3.63, 3.8) is 0 Å². The van der Waals surface area contributed by atoms with E-state index in [-0.39, 0.29) is 42.3 Å². The molecular weight excluding hydrogens is 708 g/mol. The summed E-state index contributed by atoms with van der Waals surface area (Å²) in [5.41, 5.74) is 3.25. The quantitative estimate of drug-likeness (QED) is 0.145. The fraction of sp³-hybridized carbons (Fsp3) is 0.656. The van der Waals surface area contributed by atoms with Crippen LogP contribution < -0.4 is 9.47 Å². The highest BCUT2D eigenvalue weighted by Crippen LogP contribution is 2.41. The van der Waals surface area contributed by atoms with E-state index in [1.807, 2.05) is 4.57 Å². The molecule has 14 heteroatoms. The molecule has 2 aliphatic heterocycles. The first-order chi connectivity index (χ1) is 21.6. The third-order valence-electron chi connectivity index (χ3n) is 9.50. The maximum Gasteiger partial charge on any atom is 0.301 e. The van der Waals surface area contributed by atoms with E-state index in [1.54, 1.807) is 12.3 Å². The van der Waals surface area contributed by atoms with Crippen molar-refractivity contribution in [1.82, 2.24) is 19.5 Å². The molecule has 0 N–H and O–H groups in total. The predicted molar refractivity (Wildman–Crippen MR) is 186 cm³/mol. The van der Waals surface area contributed by atoms with Gasteiger partial charge in [0.25, 0.3) is 0 Å². The van der Waals surface area contributed by atoms with Gasteiger partial charge in [0.15, 0.2) is 20.1 Å². The fourth-order valence-electron chi connectivity index (χ4n) is 5.79. The summed E-state index contributed by atoms with van der Waals surface area (Å²) in [5.74, 6) is 0.334. The minimum Gasteiger partial charge on any atom is -0.467 e. The summed E-state index contributed by atoms with van der Waals surface area (Å²) < 4.78 is 41.2. The number of aryl methyl sites for hydroxylation is 1. The number of imidazole rings is 1. The lowest BCUT2D eigenvalue weighted by atomic mass is 10.1. The average Bonchev–Trinajstić information content (AvgIpc) is 3.71. The molecule has 0 radical (unpaired) electrons. The van der Waals surface area contributed by atoms with Crippen LogP contribution in [0.1, 0.15) is 44.6 Å². The van der Waals surface area contributed by atoms with E-state index in [1.165, 1.54) is 0 Å². The van der Waals surface area contributed by atoms with Crippen molar-refractivity contribution in [2.24, 2.45) is 0 Å². The van der Waals surface area contributed by atoms with Crippen molar-refractivity contribution < 1.29 is 28.1 Å². The van der Waals surface area contributed by atoms with Crippen LogP contribution >= 0.6 is 27.5 Å². The second-order valence-electron chi connectivity index (χ2n) is 15.3. The monoisotopic (exact) mass is 752 g/mol. The number of aromatic nitrogens is 4. The first kappa shape index (κ1) is 34.3. The molecule has 0 spiro atoms. The van der Waals surface area contributed by atoms with E-state index in [9.17, 15) is 0 Å². The number of hydrogen-bond donors (Lipinski definition) is 0. The number of rotatable bonds is 11. The predicted octanol–water partition coefficient (Wildman–Crippen LogP) is 7.56. The molecule has 3 aromatic rings. The first-order valence-electron chi connectivity index (χ1n) is 16.1. The van der Waals surface area contributed by atoms with E-state index < -0.39 is 16.4 Å². The highest BCUT2D eigenvalue weighted by atomic mass is 79.9. The van der Waals surface area contributed by atoms with Gasteiger partial charge < -0.3 is 28.1 Å². The lowest BCUT2D eigenvalue weighted by Gasteiger charge is -2.39. The average molecular weight is 754 g/mol. The molecular formula is C32H46BrClN4O6Si2. The van der Waals surface area contributed by atoms with Gasteiger partial charge in [-0.25, -0.2) is 0 Å². The summed E-state index contributed by atoms with van der Waals surface area (Å²) in [4.78, 5) is 14.3. The zero-order valence-corrected chi connectivity index (χ0v) is 32.4. The Bertz CT molecular complexity index is 1580. The Morgan fingerprint density at radius 1 is 1.02 bits per heavy atom. The second-order valence-corrected chi connectivity index (χ2v) is 27.0. The number of nitrogens with zero attached hydrogens (tertiary/aromatic N) is 4. The van der Waals surface area contributed by atoms with E-state index in [0.717, 1.165) is 34.6 Å². The van der Waals surface area contributed by atoms with Crippen LogP contribution in [0.4, 0.5) is 0 Å². The Kier molecular flexibility index (Phi) is 9.71. The summed E-state index contributed by atoms with van der Waals surface area (Å²) in [6.45, 7) is 19.9. The van der Waals surface area contributed by atoms with Crippen molar-refractivity contribution in [2.45, 2.75) is 115 Å². The second kappa shape index (κ2) is 13.0. The number of hydrogen-bond acceptors (Lipinski definition) is 9. The molecule has 6 rings (SSSR count). The molecule has 5 atom stereocenters. The molecule has 0 aromatic carbocycles. The summed E-state index contributed by atoms with van der Waals surface area (Å²) >= 11 is 10.2. The summed E-state index contributed by atoms with van der Waals surface area (Å²) in [6, 6.07) is 5.29.